The van der Waals surface area contributed by atoms with Gasteiger partial charge in [0, 0.05) is 23.8 Å². The molecule has 0 radical (unpaired) electrons. The number of amides is 1. The van der Waals surface area contributed by atoms with Crippen LogP contribution in [0.4, 0.5) is 11.4 Å². The van der Waals surface area contributed by atoms with E-state index in [-0.39, 0.29) is 5.91 Å². The Morgan fingerprint density at radius 2 is 2.20 bits per heavy atom. The number of nitrogens with two attached hydrogens (primary N) is 1. The average molecular weight is 275 g/mol. The highest BCUT2D eigenvalue weighted by Gasteiger charge is 2.27. The number of nitrogen functional groups attached to an aromatic ring is 1. The van der Waals surface area contributed by atoms with Crippen molar-refractivity contribution < 1.29 is 4.79 Å². The van der Waals surface area contributed by atoms with Gasteiger partial charge in [-0.2, -0.15) is 0 Å². The lowest BCUT2D eigenvalue weighted by Gasteiger charge is -2.19. The van der Waals surface area contributed by atoms with Gasteiger partial charge >= 0.3 is 0 Å². The van der Waals surface area contributed by atoms with Crippen molar-refractivity contribution >= 4 is 17.3 Å². The van der Waals surface area contributed by atoms with Gasteiger partial charge < -0.3 is 16.0 Å². The second kappa shape index (κ2) is 6.75. The second-order valence-electron chi connectivity index (χ2n) is 5.59. The van der Waals surface area contributed by atoms with E-state index >= 15 is 0 Å². The lowest BCUT2D eigenvalue weighted by molar-refractivity contribution is -0.116. The van der Waals surface area contributed by atoms with Crippen LogP contribution in [0.25, 0.3) is 0 Å². The lowest BCUT2D eigenvalue weighted by Crippen LogP contribution is -2.27. The number of benzene rings is 1. The van der Waals surface area contributed by atoms with E-state index in [2.05, 4.69) is 17.1 Å². The molecule has 4 nitrogen and oxygen atoms in total. The summed E-state index contributed by atoms with van der Waals surface area (Å²) >= 11 is 0. The monoisotopic (exact) mass is 275 g/mol. The predicted octanol–water partition coefficient (Wildman–Crippen LogP) is 2.78. The Morgan fingerprint density at radius 3 is 2.80 bits per heavy atom. The number of rotatable bonds is 7. The Balaban J connectivity index is 1.74. The zero-order chi connectivity index (χ0) is 14.5. The van der Waals surface area contributed by atoms with Gasteiger partial charge in [0.15, 0.2) is 0 Å². The Hall–Kier alpha value is -1.55. The van der Waals surface area contributed by atoms with Crippen LogP contribution in [0, 0.1) is 6.92 Å². The summed E-state index contributed by atoms with van der Waals surface area (Å²) in [6.45, 7) is 6.26. The molecule has 1 aliphatic carbocycles. The van der Waals surface area contributed by atoms with Crippen LogP contribution < -0.4 is 11.1 Å². The molecule has 0 spiro atoms. The maximum Gasteiger partial charge on any atom is 0.224 e. The molecule has 1 aromatic carbocycles. The molecule has 4 heteroatoms. The third-order valence-electron chi connectivity index (χ3n) is 3.84. The number of hydrogen-bond donors (Lipinski definition) is 2. The summed E-state index contributed by atoms with van der Waals surface area (Å²) in [6.07, 6.45) is 4.15. The minimum atomic E-state index is 0.0877. The van der Waals surface area contributed by atoms with Crippen LogP contribution in [-0.4, -0.2) is 29.9 Å². The number of aryl methyl sites for hydroxylation is 1. The van der Waals surface area contributed by atoms with Crippen molar-refractivity contribution in [2.45, 2.75) is 45.6 Å². The summed E-state index contributed by atoms with van der Waals surface area (Å²) in [7, 11) is 0. The van der Waals surface area contributed by atoms with E-state index in [0.717, 1.165) is 42.5 Å². The van der Waals surface area contributed by atoms with Gasteiger partial charge in [0.05, 0.1) is 0 Å². The Morgan fingerprint density at radius 1 is 1.45 bits per heavy atom. The SMILES string of the molecule is CCN(CCCC(=O)Nc1ccc(N)cc1C)C1CC1. The summed E-state index contributed by atoms with van der Waals surface area (Å²) in [6, 6.07) is 6.34. The van der Waals surface area contributed by atoms with Crippen molar-refractivity contribution in [3.05, 3.63) is 23.8 Å². The molecule has 110 valence electrons. The van der Waals surface area contributed by atoms with Gasteiger partial charge in [-0.1, -0.05) is 6.92 Å². The molecular formula is C16H25N3O. The molecule has 1 aliphatic rings. The van der Waals surface area contributed by atoms with E-state index in [1.807, 2.05) is 25.1 Å². The molecule has 20 heavy (non-hydrogen) atoms. The normalized spacial score (nSPS) is 14.6. The zero-order valence-corrected chi connectivity index (χ0v) is 12.5. The van der Waals surface area contributed by atoms with E-state index in [1.54, 1.807) is 0 Å². The van der Waals surface area contributed by atoms with Gasteiger partial charge in [0.25, 0.3) is 0 Å². The van der Waals surface area contributed by atoms with E-state index in [4.69, 9.17) is 5.73 Å². The fourth-order valence-corrected chi connectivity index (χ4v) is 2.52. The van der Waals surface area contributed by atoms with Gasteiger partial charge in [0.1, 0.15) is 0 Å². The molecule has 1 aromatic rings. The summed E-state index contributed by atoms with van der Waals surface area (Å²) in [5, 5.41) is 2.96. The fourth-order valence-electron chi connectivity index (χ4n) is 2.52. The Labute approximate surface area is 121 Å². The van der Waals surface area contributed by atoms with Gasteiger partial charge in [-0.3, -0.25) is 4.79 Å². The molecule has 3 N–H and O–H groups in total. The van der Waals surface area contributed by atoms with Crippen molar-refractivity contribution in [2.24, 2.45) is 0 Å². The molecule has 1 saturated carbocycles. The smallest absolute Gasteiger partial charge is 0.224 e. The Bertz CT molecular complexity index is 469. The zero-order valence-electron chi connectivity index (χ0n) is 12.5. The van der Waals surface area contributed by atoms with Crippen LogP contribution in [-0.2, 0) is 4.79 Å². The summed E-state index contributed by atoms with van der Waals surface area (Å²) in [5.41, 5.74) is 8.29. The highest BCUT2D eigenvalue weighted by Crippen LogP contribution is 2.26. The molecule has 0 saturated heterocycles. The maximum atomic E-state index is 11.9. The van der Waals surface area contributed by atoms with Crippen molar-refractivity contribution in [2.75, 3.05) is 24.1 Å². The van der Waals surface area contributed by atoms with Gasteiger partial charge in [-0.25, -0.2) is 0 Å². The van der Waals surface area contributed by atoms with E-state index in [0.29, 0.717) is 6.42 Å². The van der Waals surface area contributed by atoms with Crippen LogP contribution in [0.2, 0.25) is 0 Å². The third kappa shape index (κ3) is 4.23. The number of nitrogens with one attached hydrogen (secondary N) is 1. The van der Waals surface area contributed by atoms with Crippen LogP contribution in [0.15, 0.2) is 18.2 Å². The standard InChI is InChI=1S/C16H25N3O/c1-3-19(14-7-8-14)10-4-5-16(20)18-15-9-6-13(17)11-12(15)2/h6,9,11,14H,3-5,7-8,10,17H2,1-2H3,(H,18,20). The first-order valence-corrected chi connectivity index (χ1v) is 7.50. The van der Waals surface area contributed by atoms with Gasteiger partial charge in [-0.15, -0.1) is 0 Å². The molecule has 1 amide bonds. The molecule has 0 aromatic heterocycles. The largest absolute Gasteiger partial charge is 0.399 e. The van der Waals surface area contributed by atoms with Gasteiger partial charge in [0.2, 0.25) is 5.91 Å². The number of hydrogen-bond acceptors (Lipinski definition) is 3. The first-order valence-electron chi connectivity index (χ1n) is 7.50. The minimum Gasteiger partial charge on any atom is -0.399 e. The van der Waals surface area contributed by atoms with Crippen LogP contribution >= 0.6 is 0 Å². The average Bonchev–Trinajstić information content (AvgIpc) is 3.22. The number of carbonyl (C=O) groups is 1. The number of carbonyl (C=O) groups excluding carboxylic acids is 1. The third-order valence-corrected chi connectivity index (χ3v) is 3.84. The van der Waals surface area contributed by atoms with Crippen molar-refractivity contribution in [1.29, 1.82) is 0 Å². The topological polar surface area (TPSA) is 58.4 Å². The van der Waals surface area contributed by atoms with Crippen molar-refractivity contribution in [3.8, 4) is 0 Å². The van der Waals surface area contributed by atoms with Crippen LogP contribution in [0.1, 0.15) is 38.2 Å². The van der Waals surface area contributed by atoms with Gasteiger partial charge in [-0.05, 0) is 63.0 Å². The summed E-state index contributed by atoms with van der Waals surface area (Å²) in [5.74, 6) is 0.0877. The number of anilines is 2. The maximum absolute atomic E-state index is 11.9. The molecular weight excluding hydrogens is 250 g/mol. The van der Waals surface area contributed by atoms with E-state index < -0.39 is 0 Å². The fraction of sp³-hybridized carbons (Fsp3) is 0.562. The van der Waals surface area contributed by atoms with Crippen molar-refractivity contribution in [1.82, 2.24) is 4.90 Å². The highest BCUT2D eigenvalue weighted by molar-refractivity contribution is 5.91. The van der Waals surface area contributed by atoms with E-state index in [9.17, 15) is 4.79 Å². The highest BCUT2D eigenvalue weighted by atomic mass is 16.1. The predicted molar refractivity (Wildman–Crippen MR) is 83.7 cm³/mol. The molecule has 1 fully saturated rings. The lowest BCUT2D eigenvalue weighted by atomic mass is 10.1. The van der Waals surface area contributed by atoms with Crippen molar-refractivity contribution in [3.63, 3.8) is 0 Å². The molecule has 0 bridgehead atoms. The number of nitrogens with zero attached hydrogens (tertiary/aromatic N) is 1. The molecule has 0 aliphatic heterocycles. The summed E-state index contributed by atoms with van der Waals surface area (Å²) < 4.78 is 0. The van der Waals surface area contributed by atoms with Crippen LogP contribution in [0.3, 0.4) is 0 Å². The first kappa shape index (κ1) is 14.9. The summed E-state index contributed by atoms with van der Waals surface area (Å²) in [4.78, 5) is 14.4. The molecule has 0 heterocycles. The molecule has 0 unspecified atom stereocenters. The van der Waals surface area contributed by atoms with E-state index in [1.165, 1.54) is 12.8 Å². The molecule has 0 atom stereocenters. The quantitative estimate of drug-likeness (QED) is 0.752. The Kier molecular flexibility index (Phi) is 5.01. The van der Waals surface area contributed by atoms with Crippen LogP contribution in [0.5, 0.6) is 0 Å². The first-order chi connectivity index (χ1) is 9.60. The second-order valence-corrected chi connectivity index (χ2v) is 5.59. The minimum absolute atomic E-state index is 0.0877. The molecule has 2 rings (SSSR count).